The maximum absolute atomic E-state index is 14.2. The van der Waals surface area contributed by atoms with Gasteiger partial charge in [0.05, 0.1) is 19.2 Å². The number of aliphatic hydroxyl groups excluding tert-OH is 1. The third kappa shape index (κ3) is 20.7. The van der Waals surface area contributed by atoms with Crippen molar-refractivity contribution in [3.05, 3.63) is 35.9 Å². The number of carbonyl (C=O) groups is 10. The van der Waals surface area contributed by atoms with Crippen LogP contribution in [0.25, 0.3) is 0 Å². The molecule has 3 heterocycles. The Hall–Kier alpha value is -7.14. The van der Waals surface area contributed by atoms with Crippen LogP contribution in [0.3, 0.4) is 0 Å². The van der Waals surface area contributed by atoms with Crippen LogP contribution >= 0.6 is 0 Å². The van der Waals surface area contributed by atoms with Crippen LogP contribution in [0.4, 0.5) is 13.2 Å². The topological polar surface area (TPSA) is 418 Å². The largest absolute Gasteiger partial charge is 0.490 e. The monoisotopic (exact) mass is 1110 g/mol. The Morgan fingerprint density at radius 2 is 1.26 bits per heavy atom. The van der Waals surface area contributed by atoms with E-state index in [-0.39, 0.29) is 70.2 Å². The van der Waals surface area contributed by atoms with Crippen molar-refractivity contribution in [1.29, 1.82) is 0 Å². The van der Waals surface area contributed by atoms with Crippen LogP contribution in [0.1, 0.15) is 96.5 Å². The second kappa shape index (κ2) is 31.9. The molecule has 0 unspecified atom stereocenters. The van der Waals surface area contributed by atoms with E-state index in [9.17, 15) is 66.5 Å². The summed E-state index contributed by atoms with van der Waals surface area (Å²) in [4.78, 5) is 138. The lowest BCUT2D eigenvalue weighted by atomic mass is 10.0. The first-order valence-electron chi connectivity index (χ1n) is 25.9. The van der Waals surface area contributed by atoms with Crippen LogP contribution in [-0.2, 0) is 54.4 Å². The molecular weight excluding hydrogens is 1040 g/mol. The number of hydrogen-bond acceptors (Lipinski definition) is 14. The van der Waals surface area contributed by atoms with Gasteiger partial charge in [0.25, 0.3) is 0 Å². The minimum atomic E-state index is -5.08. The van der Waals surface area contributed by atoms with E-state index in [1.54, 1.807) is 30.3 Å². The lowest BCUT2D eigenvalue weighted by Crippen LogP contribution is -2.59. The molecular formula is C49H76F3N13O13. The molecule has 4 rings (SSSR count). The second-order valence-electron chi connectivity index (χ2n) is 19.6. The van der Waals surface area contributed by atoms with E-state index in [2.05, 4.69) is 31.6 Å². The van der Waals surface area contributed by atoms with E-state index in [1.165, 1.54) is 14.7 Å². The molecule has 26 nitrogen and oxygen atoms in total. The van der Waals surface area contributed by atoms with Crippen LogP contribution < -0.4 is 49.5 Å². The van der Waals surface area contributed by atoms with E-state index < -0.39 is 127 Å². The van der Waals surface area contributed by atoms with Crippen molar-refractivity contribution in [3.8, 4) is 0 Å². The van der Waals surface area contributed by atoms with Crippen molar-refractivity contribution < 1.29 is 76.4 Å². The number of carboxylic acids is 2. The van der Waals surface area contributed by atoms with Gasteiger partial charge in [-0.2, -0.15) is 13.2 Å². The first kappa shape index (κ1) is 65.1. The number of carbonyl (C=O) groups excluding carboxylic acids is 8. The molecule has 8 amide bonds. The highest BCUT2D eigenvalue weighted by atomic mass is 19.4. The predicted octanol–water partition coefficient (Wildman–Crippen LogP) is -2.48. The molecule has 0 bridgehead atoms. The zero-order valence-electron chi connectivity index (χ0n) is 43.9. The maximum atomic E-state index is 14.2. The van der Waals surface area contributed by atoms with Crippen LogP contribution in [0.2, 0.25) is 0 Å². The molecule has 0 saturated carbocycles. The summed E-state index contributed by atoms with van der Waals surface area (Å²) in [6.07, 6.45) is -0.595. The zero-order chi connectivity index (χ0) is 58.3. The summed E-state index contributed by atoms with van der Waals surface area (Å²) in [7, 11) is 0. The number of nitrogens with two attached hydrogens (primary N) is 4. The number of nitrogens with one attached hydrogen (secondary N) is 5. The van der Waals surface area contributed by atoms with Gasteiger partial charge < -0.3 is 79.5 Å². The van der Waals surface area contributed by atoms with Gasteiger partial charge in [-0.3, -0.25) is 43.3 Å². The maximum Gasteiger partial charge on any atom is 0.490 e. The van der Waals surface area contributed by atoms with E-state index in [4.69, 9.17) is 32.8 Å². The van der Waals surface area contributed by atoms with Crippen LogP contribution in [-0.4, -0.2) is 196 Å². The number of aliphatic hydroxyl groups is 1. The number of alkyl halides is 3. The highest BCUT2D eigenvalue weighted by Crippen LogP contribution is 2.27. The molecule has 436 valence electrons. The summed E-state index contributed by atoms with van der Waals surface area (Å²) in [6, 6.07) is -0.204. The normalized spacial score (nSPS) is 19.0. The number of guanidine groups is 1. The number of hydrogen-bond donors (Lipinski definition) is 12. The number of halogens is 3. The van der Waals surface area contributed by atoms with Gasteiger partial charge >= 0.3 is 18.1 Å². The van der Waals surface area contributed by atoms with E-state index in [0.29, 0.717) is 63.5 Å². The van der Waals surface area contributed by atoms with Crippen LogP contribution in [0.15, 0.2) is 35.3 Å². The van der Waals surface area contributed by atoms with Crippen molar-refractivity contribution in [2.24, 2.45) is 33.8 Å². The summed E-state index contributed by atoms with van der Waals surface area (Å²) < 4.78 is 31.7. The molecule has 3 saturated heterocycles. The molecule has 0 aromatic heterocycles. The van der Waals surface area contributed by atoms with E-state index >= 15 is 0 Å². The van der Waals surface area contributed by atoms with Crippen LogP contribution in [0.5, 0.6) is 0 Å². The van der Waals surface area contributed by atoms with Gasteiger partial charge in [0.2, 0.25) is 47.3 Å². The Balaban J connectivity index is 0.00000213. The highest BCUT2D eigenvalue weighted by Gasteiger charge is 2.44. The van der Waals surface area contributed by atoms with Gasteiger partial charge in [-0.15, -0.1) is 0 Å². The number of aliphatic imine (C=N–C) groups is 1. The number of nitrogens with zero attached hydrogens (tertiary/aromatic N) is 4. The van der Waals surface area contributed by atoms with Crippen molar-refractivity contribution in [2.75, 3.05) is 45.9 Å². The SMILES string of the molecule is CC(C)C[C@H](NC(=O)[C@@H]1CCCN1C(=O)[C@H](CO)NC(=O)[C@H](Cc1ccccc1)NC(=O)CNC(=O)[C@@H]1CCCN1C(=O)[C@@H]1CCCN1C(=O)[C@H](CCCN=C(N)N)NC(=O)[C@@H](N)CCCCN)C(=O)O.O=C(O)C(F)(F)F. The fourth-order valence-corrected chi connectivity index (χ4v) is 9.17. The Morgan fingerprint density at radius 3 is 1.81 bits per heavy atom. The predicted molar refractivity (Wildman–Crippen MR) is 274 cm³/mol. The van der Waals surface area contributed by atoms with Crippen molar-refractivity contribution in [3.63, 3.8) is 0 Å². The summed E-state index contributed by atoms with van der Waals surface area (Å²) in [6.45, 7) is 3.38. The molecule has 3 aliphatic rings. The molecule has 1 aromatic rings. The van der Waals surface area contributed by atoms with Gasteiger partial charge in [0.1, 0.15) is 42.3 Å². The number of likely N-dealkylation sites (tertiary alicyclic amines) is 3. The first-order valence-corrected chi connectivity index (χ1v) is 25.9. The van der Waals surface area contributed by atoms with Gasteiger partial charge in [0.15, 0.2) is 5.96 Å². The summed E-state index contributed by atoms with van der Waals surface area (Å²) in [5, 5.41) is 40.1. The second-order valence-corrected chi connectivity index (χ2v) is 19.6. The molecule has 16 N–H and O–H groups in total. The molecule has 8 atom stereocenters. The average Bonchev–Trinajstić information content (AvgIpc) is 4.20. The molecule has 3 fully saturated rings. The average molecular weight is 1110 g/mol. The fourth-order valence-electron chi connectivity index (χ4n) is 9.17. The molecule has 3 aliphatic heterocycles. The molecule has 29 heteroatoms. The minimum absolute atomic E-state index is 0.0405. The molecule has 0 radical (unpaired) electrons. The third-order valence-corrected chi connectivity index (χ3v) is 13.1. The van der Waals surface area contributed by atoms with Crippen molar-refractivity contribution in [1.82, 2.24) is 41.3 Å². The number of rotatable bonds is 27. The Morgan fingerprint density at radius 1 is 0.705 bits per heavy atom. The van der Waals surface area contributed by atoms with E-state index in [0.717, 1.165) is 0 Å². The smallest absolute Gasteiger partial charge is 0.480 e. The quantitative estimate of drug-likeness (QED) is 0.0247. The lowest BCUT2D eigenvalue weighted by molar-refractivity contribution is -0.192. The summed E-state index contributed by atoms with van der Waals surface area (Å²) in [5.41, 5.74) is 23.3. The zero-order valence-corrected chi connectivity index (χ0v) is 43.9. The van der Waals surface area contributed by atoms with Gasteiger partial charge in [-0.05, 0) is 88.7 Å². The Kier molecular flexibility index (Phi) is 26.7. The molecule has 1 aromatic carbocycles. The van der Waals surface area contributed by atoms with Gasteiger partial charge in [0, 0.05) is 32.6 Å². The number of carboxylic acid groups (broad SMARTS) is 2. The van der Waals surface area contributed by atoms with E-state index in [1.807, 2.05) is 13.8 Å². The van der Waals surface area contributed by atoms with Crippen LogP contribution in [0, 0.1) is 5.92 Å². The number of aliphatic carboxylic acids is 2. The summed E-state index contributed by atoms with van der Waals surface area (Å²) in [5.74, 6) is -9.28. The lowest BCUT2D eigenvalue weighted by Gasteiger charge is -2.33. The Labute approximate surface area is 449 Å². The number of amides is 8. The minimum Gasteiger partial charge on any atom is -0.480 e. The molecule has 0 spiro atoms. The van der Waals surface area contributed by atoms with Gasteiger partial charge in [-0.25, -0.2) is 9.59 Å². The van der Waals surface area contributed by atoms with Gasteiger partial charge in [-0.1, -0.05) is 50.6 Å². The number of unbranched alkanes of at least 4 members (excludes halogenated alkanes) is 1. The Bertz CT molecular complexity index is 2260. The van der Waals surface area contributed by atoms with Crippen molar-refractivity contribution in [2.45, 2.75) is 152 Å². The number of benzene rings is 1. The molecule has 78 heavy (non-hydrogen) atoms. The molecule has 0 aliphatic carbocycles. The fraction of sp³-hybridized carbons (Fsp3) is 0.653. The first-order chi connectivity index (χ1) is 36.8. The van der Waals surface area contributed by atoms with Crippen molar-refractivity contribution >= 4 is 65.2 Å². The third-order valence-electron chi connectivity index (χ3n) is 13.1. The summed E-state index contributed by atoms with van der Waals surface area (Å²) >= 11 is 0. The highest BCUT2D eigenvalue weighted by molar-refractivity contribution is 5.98. The standard InChI is InChI=1S/C47H75N13O11.C2HF3O2/c1-28(2)24-33(46(70)71)56-42(66)36-17-10-21-58(36)44(68)34(27-61)57-40(64)32(25-29-12-4-3-5-13-29)54-38(62)26-53-41(65)35-16-9-22-59(35)45(69)37-18-11-23-60(37)43(67)31(15-8-20-52-47(50)51)55-39(63)30(49)14-6-7-19-48;3-2(4,5)1(6)7/h3-5,12-13,28,30-37,61H,6-11,14-27,48-49H2,1-2H3,(H,53,65)(H,54,62)(H,55,63)(H,56,66)(H,57,64)(H,70,71)(H4,50,51,52);(H,6,7)/t30-,31-,32-,33-,34-,35-,36-,37-;/m0./s1.